The Bertz CT molecular complexity index is 627. The minimum atomic E-state index is -0.456. The second-order valence-electron chi connectivity index (χ2n) is 4.64. The van der Waals surface area contributed by atoms with E-state index >= 15 is 0 Å². The zero-order chi connectivity index (χ0) is 14.9. The smallest absolute Gasteiger partial charge is 0.129 e. The maximum Gasteiger partial charge on any atom is 0.129 e. The molecule has 0 spiro atoms. The quantitative estimate of drug-likeness (QED) is 0.895. The zero-order valence-corrected chi connectivity index (χ0v) is 13.7. The van der Waals surface area contributed by atoms with E-state index < -0.39 is 6.04 Å². The third-order valence-electron chi connectivity index (χ3n) is 3.23. The van der Waals surface area contributed by atoms with E-state index in [0.717, 1.165) is 11.4 Å². The summed E-state index contributed by atoms with van der Waals surface area (Å²) in [6.45, 7) is 4.54. The molecule has 2 rings (SSSR count). The van der Waals surface area contributed by atoms with E-state index in [1.807, 2.05) is 18.5 Å². The molecule has 0 fully saturated rings. The molecule has 1 aromatic carbocycles. The molecule has 0 radical (unpaired) electrons. The van der Waals surface area contributed by atoms with Crippen molar-refractivity contribution < 1.29 is 4.39 Å². The second kappa shape index (κ2) is 6.24. The van der Waals surface area contributed by atoms with Crippen LogP contribution in [0.5, 0.6) is 0 Å². The Morgan fingerprint density at radius 3 is 2.80 bits per heavy atom. The van der Waals surface area contributed by atoms with Gasteiger partial charge in [-0.15, -0.1) is 0 Å². The van der Waals surface area contributed by atoms with E-state index in [-0.39, 0.29) is 5.82 Å². The molecule has 20 heavy (non-hydrogen) atoms. The van der Waals surface area contributed by atoms with E-state index in [0.29, 0.717) is 28.0 Å². The van der Waals surface area contributed by atoms with Crippen LogP contribution in [-0.4, -0.2) is 9.78 Å². The Kier molecular flexibility index (Phi) is 4.83. The molecule has 0 bridgehead atoms. The minimum absolute atomic E-state index is 0.317. The highest BCUT2D eigenvalue weighted by Crippen LogP contribution is 2.27. The Balaban J connectivity index is 2.30. The van der Waals surface area contributed by atoms with Crippen molar-refractivity contribution in [1.29, 1.82) is 0 Å². The van der Waals surface area contributed by atoms with Crippen molar-refractivity contribution in [3.63, 3.8) is 0 Å². The first-order valence-corrected chi connectivity index (χ1v) is 7.53. The van der Waals surface area contributed by atoms with Gasteiger partial charge in [-0.2, -0.15) is 5.10 Å². The van der Waals surface area contributed by atoms with Gasteiger partial charge in [-0.1, -0.05) is 33.6 Å². The van der Waals surface area contributed by atoms with E-state index in [4.69, 9.17) is 17.3 Å². The van der Waals surface area contributed by atoms with Gasteiger partial charge < -0.3 is 5.73 Å². The number of hydrogen-bond donors (Lipinski definition) is 1. The van der Waals surface area contributed by atoms with Gasteiger partial charge in [0.15, 0.2) is 0 Å². The van der Waals surface area contributed by atoms with Crippen molar-refractivity contribution in [2.24, 2.45) is 5.73 Å². The van der Waals surface area contributed by atoms with Crippen molar-refractivity contribution in [3.8, 4) is 0 Å². The van der Waals surface area contributed by atoms with Gasteiger partial charge in [0.2, 0.25) is 0 Å². The molecule has 1 heterocycles. The minimum Gasteiger partial charge on any atom is -0.324 e. The SMILES string of the molecule is CCn1nc(C)c(Cl)c1CC(N)c1ccc(Br)cc1F. The summed E-state index contributed by atoms with van der Waals surface area (Å²) in [7, 11) is 0. The predicted molar refractivity (Wildman–Crippen MR) is 82.4 cm³/mol. The maximum absolute atomic E-state index is 13.9. The Labute approximate surface area is 131 Å². The standard InChI is InChI=1S/C14H16BrClFN3/c1-3-20-13(14(16)8(2)19-20)7-12(18)10-5-4-9(15)6-11(10)17/h4-6,12H,3,7,18H2,1-2H3. The molecule has 0 saturated carbocycles. The van der Waals surface area contributed by atoms with Crippen LogP contribution in [0.1, 0.15) is 29.9 Å². The fourth-order valence-corrected chi connectivity index (χ4v) is 2.73. The largest absolute Gasteiger partial charge is 0.324 e. The van der Waals surface area contributed by atoms with Crippen LogP contribution in [0.15, 0.2) is 22.7 Å². The molecule has 6 heteroatoms. The normalized spacial score (nSPS) is 12.7. The van der Waals surface area contributed by atoms with E-state index in [1.165, 1.54) is 6.07 Å². The molecule has 2 aromatic rings. The van der Waals surface area contributed by atoms with Crippen LogP contribution >= 0.6 is 27.5 Å². The number of nitrogens with two attached hydrogens (primary N) is 1. The number of nitrogens with zero attached hydrogens (tertiary/aromatic N) is 2. The lowest BCUT2D eigenvalue weighted by Crippen LogP contribution is -2.17. The lowest BCUT2D eigenvalue weighted by atomic mass is 10.0. The Morgan fingerprint density at radius 1 is 1.50 bits per heavy atom. The number of halogens is 3. The van der Waals surface area contributed by atoms with Gasteiger partial charge in [-0.05, 0) is 26.0 Å². The predicted octanol–water partition coefficient (Wildman–Crippen LogP) is 4.01. The molecule has 0 aliphatic heterocycles. The highest BCUT2D eigenvalue weighted by molar-refractivity contribution is 9.10. The fourth-order valence-electron chi connectivity index (χ4n) is 2.18. The molecule has 1 atom stereocenters. The van der Waals surface area contributed by atoms with E-state index in [9.17, 15) is 4.39 Å². The molecule has 0 aliphatic rings. The third-order valence-corrected chi connectivity index (χ3v) is 4.21. The van der Waals surface area contributed by atoms with Crippen LogP contribution in [0.4, 0.5) is 4.39 Å². The molecule has 2 N–H and O–H groups in total. The molecule has 0 amide bonds. The lowest BCUT2D eigenvalue weighted by Gasteiger charge is -2.14. The molecule has 1 aromatic heterocycles. The Hall–Kier alpha value is -0.910. The zero-order valence-electron chi connectivity index (χ0n) is 11.3. The number of hydrogen-bond acceptors (Lipinski definition) is 2. The second-order valence-corrected chi connectivity index (χ2v) is 5.93. The molecule has 1 unspecified atom stereocenters. The summed E-state index contributed by atoms with van der Waals surface area (Å²) in [6, 6.07) is 4.43. The summed E-state index contributed by atoms with van der Waals surface area (Å²) in [5.74, 6) is -0.317. The molecule has 0 aliphatic carbocycles. The van der Waals surface area contributed by atoms with Gasteiger partial charge >= 0.3 is 0 Å². The number of aromatic nitrogens is 2. The van der Waals surface area contributed by atoms with Crippen molar-refractivity contribution in [1.82, 2.24) is 9.78 Å². The van der Waals surface area contributed by atoms with Crippen LogP contribution in [0.25, 0.3) is 0 Å². The summed E-state index contributed by atoms with van der Waals surface area (Å²) >= 11 is 9.48. The number of aryl methyl sites for hydroxylation is 2. The average molecular weight is 361 g/mol. The summed E-state index contributed by atoms with van der Waals surface area (Å²) in [4.78, 5) is 0. The average Bonchev–Trinajstić information content (AvgIpc) is 2.66. The fraction of sp³-hybridized carbons (Fsp3) is 0.357. The summed E-state index contributed by atoms with van der Waals surface area (Å²) in [6.07, 6.45) is 0.450. The van der Waals surface area contributed by atoms with Crippen LogP contribution < -0.4 is 5.73 Å². The van der Waals surface area contributed by atoms with Gasteiger partial charge in [0, 0.05) is 29.0 Å². The van der Waals surface area contributed by atoms with E-state index in [1.54, 1.807) is 12.1 Å². The monoisotopic (exact) mass is 359 g/mol. The van der Waals surface area contributed by atoms with Crippen molar-refractivity contribution in [2.45, 2.75) is 32.9 Å². The van der Waals surface area contributed by atoms with Gasteiger partial charge in [0.05, 0.1) is 16.4 Å². The summed E-state index contributed by atoms with van der Waals surface area (Å²) in [5, 5.41) is 4.95. The van der Waals surface area contributed by atoms with Crippen LogP contribution in [0.3, 0.4) is 0 Å². The Morgan fingerprint density at radius 2 is 2.20 bits per heavy atom. The summed E-state index contributed by atoms with van der Waals surface area (Å²) in [5.41, 5.74) is 8.22. The first-order valence-electron chi connectivity index (χ1n) is 6.36. The highest BCUT2D eigenvalue weighted by Gasteiger charge is 2.18. The van der Waals surface area contributed by atoms with Gasteiger partial charge in [0.1, 0.15) is 5.82 Å². The first-order chi connectivity index (χ1) is 9.43. The molecule has 0 saturated heterocycles. The van der Waals surface area contributed by atoms with E-state index in [2.05, 4.69) is 21.0 Å². The number of benzene rings is 1. The van der Waals surface area contributed by atoms with Crippen LogP contribution in [-0.2, 0) is 13.0 Å². The summed E-state index contributed by atoms with van der Waals surface area (Å²) < 4.78 is 16.4. The molecule has 3 nitrogen and oxygen atoms in total. The maximum atomic E-state index is 13.9. The third kappa shape index (κ3) is 3.05. The van der Waals surface area contributed by atoms with Crippen LogP contribution in [0.2, 0.25) is 5.02 Å². The van der Waals surface area contributed by atoms with Crippen molar-refractivity contribution >= 4 is 27.5 Å². The lowest BCUT2D eigenvalue weighted by molar-refractivity contribution is 0.555. The molecular formula is C14H16BrClFN3. The van der Waals surface area contributed by atoms with Gasteiger partial charge in [-0.3, -0.25) is 4.68 Å². The van der Waals surface area contributed by atoms with Gasteiger partial charge in [-0.25, -0.2) is 4.39 Å². The topological polar surface area (TPSA) is 43.8 Å². The van der Waals surface area contributed by atoms with Gasteiger partial charge in [0.25, 0.3) is 0 Å². The van der Waals surface area contributed by atoms with Crippen molar-refractivity contribution in [3.05, 3.63) is 50.5 Å². The number of rotatable bonds is 4. The molecule has 108 valence electrons. The molecular weight excluding hydrogens is 345 g/mol. The first kappa shape index (κ1) is 15.5. The van der Waals surface area contributed by atoms with Crippen molar-refractivity contribution in [2.75, 3.05) is 0 Å². The van der Waals surface area contributed by atoms with Crippen LogP contribution in [0, 0.1) is 12.7 Å². The highest BCUT2D eigenvalue weighted by atomic mass is 79.9.